The molecule has 1 N–H and O–H groups in total. The summed E-state index contributed by atoms with van der Waals surface area (Å²) in [6.45, 7) is 12.1. The SMILES string of the molecule is CCCCCCn1c(C)c(C)c2cc(CNCC)ccc21. The first-order chi connectivity index (χ1) is 10.2. The molecule has 0 saturated heterocycles. The number of aromatic nitrogens is 1. The van der Waals surface area contributed by atoms with Crippen molar-refractivity contribution in [3.63, 3.8) is 0 Å². The van der Waals surface area contributed by atoms with E-state index in [1.54, 1.807) is 0 Å². The molecule has 0 saturated carbocycles. The van der Waals surface area contributed by atoms with Crippen molar-refractivity contribution >= 4 is 10.9 Å². The number of nitrogens with one attached hydrogen (secondary N) is 1. The van der Waals surface area contributed by atoms with E-state index in [9.17, 15) is 0 Å². The van der Waals surface area contributed by atoms with Gasteiger partial charge in [0.1, 0.15) is 0 Å². The predicted molar refractivity (Wildman–Crippen MR) is 92.9 cm³/mol. The molecule has 116 valence electrons. The molecule has 2 nitrogen and oxygen atoms in total. The van der Waals surface area contributed by atoms with E-state index in [2.05, 4.69) is 55.8 Å². The number of nitrogens with zero attached hydrogens (tertiary/aromatic N) is 1. The van der Waals surface area contributed by atoms with Gasteiger partial charge in [0.15, 0.2) is 0 Å². The van der Waals surface area contributed by atoms with Crippen molar-refractivity contribution in [1.29, 1.82) is 0 Å². The lowest BCUT2D eigenvalue weighted by Crippen LogP contribution is -2.11. The molecule has 21 heavy (non-hydrogen) atoms. The summed E-state index contributed by atoms with van der Waals surface area (Å²) in [6, 6.07) is 6.94. The van der Waals surface area contributed by atoms with Gasteiger partial charge in [-0.3, -0.25) is 0 Å². The zero-order valence-corrected chi connectivity index (χ0v) is 14.1. The Hall–Kier alpha value is -1.28. The number of fused-ring (bicyclic) bond motifs is 1. The fraction of sp³-hybridized carbons (Fsp3) is 0.579. The fourth-order valence-corrected chi connectivity index (χ4v) is 3.06. The van der Waals surface area contributed by atoms with E-state index in [1.165, 1.54) is 53.4 Å². The molecule has 1 aromatic heterocycles. The fourth-order valence-electron chi connectivity index (χ4n) is 3.06. The van der Waals surface area contributed by atoms with Crippen LogP contribution in [0.1, 0.15) is 56.4 Å². The summed E-state index contributed by atoms with van der Waals surface area (Å²) in [6.07, 6.45) is 5.28. The molecule has 1 aromatic carbocycles. The second-order valence-corrected chi connectivity index (χ2v) is 6.05. The van der Waals surface area contributed by atoms with Crippen LogP contribution in [0.2, 0.25) is 0 Å². The molecule has 0 fully saturated rings. The maximum absolute atomic E-state index is 3.41. The Morgan fingerprint density at radius 3 is 2.57 bits per heavy atom. The first kappa shape index (κ1) is 16.1. The van der Waals surface area contributed by atoms with Crippen molar-refractivity contribution in [1.82, 2.24) is 9.88 Å². The van der Waals surface area contributed by atoms with Crippen LogP contribution in [0.3, 0.4) is 0 Å². The van der Waals surface area contributed by atoms with Crippen molar-refractivity contribution in [3.8, 4) is 0 Å². The van der Waals surface area contributed by atoms with Gasteiger partial charge in [-0.05, 0) is 50.1 Å². The van der Waals surface area contributed by atoms with Crippen LogP contribution in [0.15, 0.2) is 18.2 Å². The summed E-state index contributed by atoms with van der Waals surface area (Å²) in [5.74, 6) is 0. The van der Waals surface area contributed by atoms with E-state index >= 15 is 0 Å². The van der Waals surface area contributed by atoms with E-state index in [1.807, 2.05) is 0 Å². The quantitative estimate of drug-likeness (QED) is 0.680. The number of rotatable bonds is 8. The average Bonchev–Trinajstić information content (AvgIpc) is 2.74. The zero-order valence-electron chi connectivity index (χ0n) is 14.1. The molecule has 0 aliphatic carbocycles. The highest BCUT2D eigenvalue weighted by Gasteiger charge is 2.11. The molecule has 2 rings (SSSR count). The Balaban J connectivity index is 2.23. The lowest BCUT2D eigenvalue weighted by atomic mass is 10.1. The molecule has 1 heterocycles. The van der Waals surface area contributed by atoms with Gasteiger partial charge in [-0.15, -0.1) is 0 Å². The van der Waals surface area contributed by atoms with Crippen LogP contribution in [0.4, 0.5) is 0 Å². The van der Waals surface area contributed by atoms with E-state index in [-0.39, 0.29) is 0 Å². The van der Waals surface area contributed by atoms with Crippen molar-refractivity contribution in [2.24, 2.45) is 0 Å². The average molecular weight is 286 g/mol. The second-order valence-electron chi connectivity index (χ2n) is 6.05. The molecule has 0 bridgehead atoms. The van der Waals surface area contributed by atoms with E-state index in [4.69, 9.17) is 0 Å². The molecule has 0 radical (unpaired) electrons. The summed E-state index contributed by atoms with van der Waals surface area (Å²) < 4.78 is 2.51. The Labute approximate surface area is 129 Å². The maximum Gasteiger partial charge on any atom is 0.0485 e. The third-order valence-corrected chi connectivity index (χ3v) is 4.52. The maximum atomic E-state index is 3.41. The normalized spacial score (nSPS) is 11.4. The van der Waals surface area contributed by atoms with Gasteiger partial charge in [-0.25, -0.2) is 0 Å². The van der Waals surface area contributed by atoms with E-state index in [0.717, 1.165) is 19.6 Å². The van der Waals surface area contributed by atoms with Crippen LogP contribution in [0.5, 0.6) is 0 Å². The summed E-state index contributed by atoms with van der Waals surface area (Å²) in [7, 11) is 0. The molecule has 0 aliphatic rings. The van der Waals surface area contributed by atoms with E-state index in [0.29, 0.717) is 0 Å². The first-order valence-electron chi connectivity index (χ1n) is 8.48. The number of aryl methyl sites for hydroxylation is 2. The van der Waals surface area contributed by atoms with Crippen molar-refractivity contribution in [2.45, 2.75) is 66.5 Å². The minimum atomic E-state index is 0.965. The van der Waals surface area contributed by atoms with E-state index < -0.39 is 0 Å². The highest BCUT2D eigenvalue weighted by Crippen LogP contribution is 2.27. The Morgan fingerprint density at radius 2 is 1.86 bits per heavy atom. The minimum Gasteiger partial charge on any atom is -0.345 e. The standard InChI is InChI=1S/C19H30N2/c1-5-7-8-9-12-21-16(4)15(3)18-13-17(14-20-6-2)10-11-19(18)21/h10-11,13,20H,5-9,12,14H2,1-4H3. The highest BCUT2D eigenvalue weighted by atomic mass is 15.0. The molecule has 2 aromatic rings. The van der Waals surface area contributed by atoms with Crippen molar-refractivity contribution < 1.29 is 0 Å². The number of benzene rings is 1. The summed E-state index contributed by atoms with van der Waals surface area (Å²) in [5, 5.41) is 4.84. The molecular formula is C19H30N2. The van der Waals surface area contributed by atoms with Crippen molar-refractivity contribution in [3.05, 3.63) is 35.0 Å². The number of hydrogen-bond donors (Lipinski definition) is 1. The Kier molecular flexibility index (Phi) is 5.86. The van der Waals surface area contributed by atoms with Gasteiger partial charge < -0.3 is 9.88 Å². The monoisotopic (exact) mass is 286 g/mol. The summed E-state index contributed by atoms with van der Waals surface area (Å²) in [4.78, 5) is 0. The Bertz CT molecular complexity index is 581. The van der Waals surface area contributed by atoms with Crippen LogP contribution in [-0.4, -0.2) is 11.1 Å². The van der Waals surface area contributed by atoms with Gasteiger partial charge in [0.25, 0.3) is 0 Å². The van der Waals surface area contributed by atoms with Crippen LogP contribution in [-0.2, 0) is 13.1 Å². The smallest absolute Gasteiger partial charge is 0.0485 e. The van der Waals surface area contributed by atoms with Gasteiger partial charge in [0.2, 0.25) is 0 Å². The van der Waals surface area contributed by atoms with Crippen LogP contribution < -0.4 is 5.32 Å². The van der Waals surface area contributed by atoms with Crippen molar-refractivity contribution in [2.75, 3.05) is 6.54 Å². The summed E-state index contributed by atoms with van der Waals surface area (Å²) in [5.41, 5.74) is 5.67. The third kappa shape index (κ3) is 3.68. The Morgan fingerprint density at radius 1 is 1.05 bits per heavy atom. The predicted octanol–water partition coefficient (Wildman–Crippen LogP) is 4.95. The van der Waals surface area contributed by atoms with Gasteiger partial charge in [-0.2, -0.15) is 0 Å². The number of hydrogen-bond acceptors (Lipinski definition) is 1. The number of unbranched alkanes of at least 4 members (excludes halogenated alkanes) is 3. The topological polar surface area (TPSA) is 17.0 Å². The first-order valence-corrected chi connectivity index (χ1v) is 8.48. The summed E-state index contributed by atoms with van der Waals surface area (Å²) >= 11 is 0. The third-order valence-electron chi connectivity index (χ3n) is 4.52. The molecule has 0 atom stereocenters. The zero-order chi connectivity index (χ0) is 15.2. The lowest BCUT2D eigenvalue weighted by Gasteiger charge is -2.09. The molecule has 0 unspecified atom stereocenters. The molecular weight excluding hydrogens is 256 g/mol. The van der Waals surface area contributed by atoms with Gasteiger partial charge in [0, 0.05) is 29.7 Å². The molecule has 0 spiro atoms. The van der Waals surface area contributed by atoms with Gasteiger partial charge in [0.05, 0.1) is 0 Å². The lowest BCUT2D eigenvalue weighted by molar-refractivity contribution is 0.586. The van der Waals surface area contributed by atoms with Gasteiger partial charge >= 0.3 is 0 Å². The highest BCUT2D eigenvalue weighted by molar-refractivity contribution is 5.86. The van der Waals surface area contributed by atoms with Crippen LogP contribution in [0, 0.1) is 13.8 Å². The largest absolute Gasteiger partial charge is 0.345 e. The minimum absolute atomic E-state index is 0.965. The van der Waals surface area contributed by atoms with Gasteiger partial charge in [-0.1, -0.05) is 39.2 Å². The van der Waals surface area contributed by atoms with Crippen LogP contribution >= 0.6 is 0 Å². The second kappa shape index (κ2) is 7.65. The van der Waals surface area contributed by atoms with Crippen LogP contribution in [0.25, 0.3) is 10.9 Å². The molecule has 0 amide bonds. The molecule has 2 heteroatoms. The molecule has 0 aliphatic heterocycles.